The smallest absolute Gasteiger partial charge is 0.223 e. The first-order valence-electron chi connectivity index (χ1n) is 6.75. The molecular formula is C15H22BrNO3. The third kappa shape index (κ3) is 4.13. The molecule has 0 saturated carbocycles. The molecule has 0 aliphatic carbocycles. The van der Waals surface area contributed by atoms with Gasteiger partial charge < -0.3 is 14.8 Å². The van der Waals surface area contributed by atoms with E-state index in [4.69, 9.17) is 9.47 Å². The number of hydrogen-bond donors (Lipinski definition) is 1. The zero-order valence-electron chi connectivity index (χ0n) is 12.5. The van der Waals surface area contributed by atoms with Crippen LogP contribution in [0.15, 0.2) is 16.6 Å². The Morgan fingerprint density at radius 3 is 2.25 bits per heavy atom. The second-order valence-corrected chi connectivity index (χ2v) is 5.38. The number of rotatable bonds is 7. The van der Waals surface area contributed by atoms with E-state index < -0.39 is 0 Å². The molecule has 0 saturated heterocycles. The van der Waals surface area contributed by atoms with E-state index in [-0.39, 0.29) is 11.8 Å². The predicted molar refractivity (Wildman–Crippen MR) is 83.2 cm³/mol. The maximum atomic E-state index is 12.0. The van der Waals surface area contributed by atoms with Crippen molar-refractivity contribution in [3.8, 4) is 11.5 Å². The van der Waals surface area contributed by atoms with Gasteiger partial charge in [0.05, 0.1) is 14.2 Å². The molecule has 0 aliphatic heterocycles. The van der Waals surface area contributed by atoms with E-state index in [1.807, 2.05) is 26.0 Å². The average Bonchev–Trinajstić information content (AvgIpc) is 2.46. The van der Waals surface area contributed by atoms with E-state index in [9.17, 15) is 4.79 Å². The van der Waals surface area contributed by atoms with Crippen molar-refractivity contribution in [1.29, 1.82) is 0 Å². The molecule has 0 spiro atoms. The summed E-state index contributed by atoms with van der Waals surface area (Å²) in [4.78, 5) is 12.0. The third-order valence-corrected chi connectivity index (χ3v) is 4.10. The number of carbonyl (C=O) groups is 1. The second-order valence-electron chi connectivity index (χ2n) is 4.53. The van der Waals surface area contributed by atoms with E-state index in [0.29, 0.717) is 18.0 Å². The number of methoxy groups -OCH3 is 2. The van der Waals surface area contributed by atoms with Gasteiger partial charge in [0, 0.05) is 16.9 Å². The van der Waals surface area contributed by atoms with Gasteiger partial charge in [0.2, 0.25) is 5.91 Å². The maximum Gasteiger partial charge on any atom is 0.223 e. The Labute approximate surface area is 129 Å². The fourth-order valence-electron chi connectivity index (χ4n) is 2.02. The SMILES string of the molecule is CCC(CC)C(=O)NCc1cc(OC)c(OC)cc1Br. The van der Waals surface area contributed by atoms with E-state index >= 15 is 0 Å². The lowest BCUT2D eigenvalue weighted by atomic mass is 10.0. The first kappa shape index (κ1) is 16.8. The number of ether oxygens (including phenoxy) is 2. The summed E-state index contributed by atoms with van der Waals surface area (Å²) in [6.07, 6.45) is 1.71. The second kappa shape index (κ2) is 8.15. The summed E-state index contributed by atoms with van der Waals surface area (Å²) in [5.74, 6) is 1.49. The normalized spacial score (nSPS) is 10.5. The molecule has 20 heavy (non-hydrogen) atoms. The Hall–Kier alpha value is -1.23. The van der Waals surface area contributed by atoms with Gasteiger partial charge in [-0.05, 0) is 30.5 Å². The molecule has 1 N–H and O–H groups in total. The summed E-state index contributed by atoms with van der Waals surface area (Å²) < 4.78 is 11.4. The van der Waals surface area contributed by atoms with Gasteiger partial charge >= 0.3 is 0 Å². The Bertz CT molecular complexity index is 459. The van der Waals surface area contributed by atoms with Crippen LogP contribution in [0.1, 0.15) is 32.3 Å². The van der Waals surface area contributed by atoms with Crippen LogP contribution in [0, 0.1) is 5.92 Å². The quantitative estimate of drug-likeness (QED) is 0.823. The van der Waals surface area contributed by atoms with Crippen LogP contribution in [0.4, 0.5) is 0 Å². The highest BCUT2D eigenvalue weighted by Gasteiger charge is 2.15. The summed E-state index contributed by atoms with van der Waals surface area (Å²) in [7, 11) is 3.19. The maximum absolute atomic E-state index is 12.0. The number of nitrogens with one attached hydrogen (secondary N) is 1. The topological polar surface area (TPSA) is 47.6 Å². The standard InChI is InChI=1S/C15H22BrNO3/c1-5-10(6-2)15(18)17-9-11-7-13(19-3)14(20-4)8-12(11)16/h7-8,10H,5-6,9H2,1-4H3,(H,17,18). The fraction of sp³-hybridized carbons (Fsp3) is 0.533. The molecule has 0 unspecified atom stereocenters. The molecule has 0 radical (unpaired) electrons. The van der Waals surface area contributed by atoms with Gasteiger partial charge in [0.25, 0.3) is 0 Å². The molecule has 1 aromatic carbocycles. The zero-order valence-corrected chi connectivity index (χ0v) is 14.0. The van der Waals surface area contributed by atoms with Crippen LogP contribution in [0.5, 0.6) is 11.5 Å². The van der Waals surface area contributed by atoms with Crippen molar-refractivity contribution in [2.75, 3.05) is 14.2 Å². The minimum Gasteiger partial charge on any atom is -0.493 e. The molecule has 0 aromatic heterocycles. The van der Waals surface area contributed by atoms with Gasteiger partial charge in [0.1, 0.15) is 0 Å². The van der Waals surface area contributed by atoms with Crippen LogP contribution < -0.4 is 14.8 Å². The number of benzene rings is 1. The summed E-state index contributed by atoms with van der Waals surface area (Å²) in [5, 5.41) is 2.97. The highest BCUT2D eigenvalue weighted by molar-refractivity contribution is 9.10. The summed E-state index contributed by atoms with van der Waals surface area (Å²) >= 11 is 3.49. The predicted octanol–water partition coefficient (Wildman–Crippen LogP) is 3.52. The van der Waals surface area contributed by atoms with Crippen LogP contribution in [-0.2, 0) is 11.3 Å². The van der Waals surface area contributed by atoms with Crippen molar-refractivity contribution in [1.82, 2.24) is 5.32 Å². The van der Waals surface area contributed by atoms with Crippen molar-refractivity contribution < 1.29 is 14.3 Å². The Morgan fingerprint density at radius 2 is 1.75 bits per heavy atom. The lowest BCUT2D eigenvalue weighted by molar-refractivity contribution is -0.125. The lowest BCUT2D eigenvalue weighted by Gasteiger charge is -2.15. The molecule has 0 aliphatic rings. The molecule has 0 bridgehead atoms. The van der Waals surface area contributed by atoms with Gasteiger partial charge in [0.15, 0.2) is 11.5 Å². The van der Waals surface area contributed by atoms with E-state index in [1.54, 1.807) is 14.2 Å². The Morgan fingerprint density at radius 1 is 1.20 bits per heavy atom. The van der Waals surface area contributed by atoms with Gasteiger partial charge in [-0.15, -0.1) is 0 Å². The molecule has 1 rings (SSSR count). The third-order valence-electron chi connectivity index (χ3n) is 3.36. The summed E-state index contributed by atoms with van der Waals surface area (Å²) in [6.45, 7) is 4.52. The van der Waals surface area contributed by atoms with Crippen LogP contribution in [-0.4, -0.2) is 20.1 Å². The van der Waals surface area contributed by atoms with E-state index in [1.165, 1.54) is 0 Å². The number of halogens is 1. The molecule has 0 fully saturated rings. The minimum atomic E-state index is 0.0777. The van der Waals surface area contributed by atoms with Gasteiger partial charge in [-0.1, -0.05) is 29.8 Å². The van der Waals surface area contributed by atoms with Gasteiger partial charge in [-0.3, -0.25) is 4.79 Å². The molecule has 112 valence electrons. The van der Waals surface area contributed by atoms with Crippen LogP contribution in [0.2, 0.25) is 0 Å². The first-order valence-corrected chi connectivity index (χ1v) is 7.54. The first-order chi connectivity index (χ1) is 9.57. The lowest BCUT2D eigenvalue weighted by Crippen LogP contribution is -2.29. The van der Waals surface area contributed by atoms with Crippen molar-refractivity contribution in [2.45, 2.75) is 33.2 Å². The number of hydrogen-bond acceptors (Lipinski definition) is 3. The van der Waals surface area contributed by atoms with Crippen LogP contribution in [0.3, 0.4) is 0 Å². The highest BCUT2D eigenvalue weighted by Crippen LogP contribution is 2.33. The van der Waals surface area contributed by atoms with Gasteiger partial charge in [-0.25, -0.2) is 0 Å². The number of amides is 1. The summed E-state index contributed by atoms with van der Waals surface area (Å²) in [6, 6.07) is 3.72. The molecule has 5 heteroatoms. The molecule has 1 aromatic rings. The van der Waals surface area contributed by atoms with Crippen LogP contribution in [0.25, 0.3) is 0 Å². The van der Waals surface area contributed by atoms with Crippen molar-refractivity contribution in [3.05, 3.63) is 22.2 Å². The average molecular weight is 344 g/mol. The Balaban J connectivity index is 2.80. The van der Waals surface area contributed by atoms with Crippen LogP contribution >= 0.6 is 15.9 Å². The molecule has 4 nitrogen and oxygen atoms in total. The van der Waals surface area contributed by atoms with Gasteiger partial charge in [-0.2, -0.15) is 0 Å². The van der Waals surface area contributed by atoms with Crippen molar-refractivity contribution >= 4 is 21.8 Å². The monoisotopic (exact) mass is 343 g/mol. The van der Waals surface area contributed by atoms with Crippen molar-refractivity contribution in [2.24, 2.45) is 5.92 Å². The van der Waals surface area contributed by atoms with E-state index in [2.05, 4.69) is 21.2 Å². The summed E-state index contributed by atoms with van der Waals surface area (Å²) in [5.41, 5.74) is 0.960. The van der Waals surface area contributed by atoms with E-state index in [0.717, 1.165) is 22.9 Å². The number of carbonyl (C=O) groups excluding carboxylic acids is 1. The fourth-order valence-corrected chi connectivity index (χ4v) is 2.48. The molecule has 0 heterocycles. The molecule has 1 amide bonds. The molecule has 0 atom stereocenters. The minimum absolute atomic E-state index is 0.0777. The largest absolute Gasteiger partial charge is 0.493 e. The Kier molecular flexibility index (Phi) is 6.85. The highest BCUT2D eigenvalue weighted by atomic mass is 79.9. The van der Waals surface area contributed by atoms with Crippen molar-refractivity contribution in [3.63, 3.8) is 0 Å². The zero-order chi connectivity index (χ0) is 15.1. The molecular weight excluding hydrogens is 322 g/mol.